The number of halogens is 7. The fraction of sp³-hybridized carbons (Fsp3) is 0.288. The lowest BCUT2D eigenvalue weighted by atomic mass is 9.90. The van der Waals surface area contributed by atoms with Crippen LogP contribution in [0.2, 0.25) is 10.0 Å². The van der Waals surface area contributed by atoms with E-state index in [0.29, 0.717) is 22.4 Å². The van der Waals surface area contributed by atoms with Gasteiger partial charge in [-0.3, -0.25) is 24.5 Å². The number of piperidine rings is 1. The molecule has 3 saturated heterocycles. The van der Waals surface area contributed by atoms with Crippen LogP contribution < -0.4 is 15.4 Å². The summed E-state index contributed by atoms with van der Waals surface area (Å²) in [6, 6.07) is 19.7. The third kappa shape index (κ3) is 10.4. The molecule has 0 spiro atoms. The van der Waals surface area contributed by atoms with E-state index in [4.69, 9.17) is 46.9 Å². The number of imide groups is 1. The van der Waals surface area contributed by atoms with Gasteiger partial charge >= 0.3 is 6.18 Å². The number of rotatable bonds is 13. The molecule has 2 N–H and O–H groups in total. The van der Waals surface area contributed by atoms with Crippen molar-refractivity contribution in [3.63, 3.8) is 0 Å². The number of hydrogen-bond acceptors (Lipinski definition) is 14. The van der Waals surface area contributed by atoms with Crippen LogP contribution in [0.25, 0.3) is 16.9 Å². The Labute approximate surface area is 448 Å². The number of hydrogen-bond donors (Lipinski definition) is 2. The molecule has 7 heterocycles. The first kappa shape index (κ1) is 52.3. The van der Waals surface area contributed by atoms with Crippen LogP contribution in [-0.2, 0) is 41.3 Å². The molecule has 4 amide bonds. The summed E-state index contributed by atoms with van der Waals surface area (Å²) in [7, 11) is 0. The molecule has 78 heavy (non-hydrogen) atoms. The Balaban J connectivity index is 0.866. The first-order chi connectivity index (χ1) is 37.5. The Kier molecular flexibility index (Phi) is 14.2. The largest absolute Gasteiger partial charge is 0.490 e. The maximum atomic E-state index is 14.8. The lowest BCUT2D eigenvalue weighted by Gasteiger charge is -2.49. The van der Waals surface area contributed by atoms with Crippen molar-refractivity contribution in [2.75, 3.05) is 25.1 Å². The predicted octanol–water partition coefficient (Wildman–Crippen LogP) is 8.11. The molecule has 4 aliphatic heterocycles. The van der Waals surface area contributed by atoms with Crippen LogP contribution in [0.4, 0.5) is 27.6 Å². The van der Waals surface area contributed by atoms with Crippen molar-refractivity contribution < 1.29 is 64.8 Å². The first-order valence-electron chi connectivity index (χ1n) is 24.1. The topological polar surface area (TPSA) is 216 Å². The molecule has 3 fully saturated rings. The normalized spacial score (nSPS) is 22.2. The van der Waals surface area contributed by atoms with E-state index in [2.05, 4.69) is 36.0 Å². The van der Waals surface area contributed by atoms with Gasteiger partial charge in [-0.1, -0.05) is 58.7 Å². The highest BCUT2D eigenvalue weighted by Gasteiger charge is 2.54. The van der Waals surface area contributed by atoms with Gasteiger partial charge < -0.3 is 33.9 Å². The number of aryl methyl sites for hydroxylation is 1. The van der Waals surface area contributed by atoms with Crippen LogP contribution in [0.15, 0.2) is 103 Å². The van der Waals surface area contributed by atoms with Crippen LogP contribution in [0.1, 0.15) is 80.5 Å². The number of carbonyl (C=O) groups excluding carboxylic acids is 4. The number of fused-ring (bicyclic) bond motifs is 2. The fourth-order valence-corrected chi connectivity index (χ4v) is 10.1. The molecule has 3 aromatic heterocycles. The minimum atomic E-state index is -4.87. The van der Waals surface area contributed by atoms with Crippen LogP contribution in [0, 0.1) is 18.6 Å². The van der Waals surface area contributed by atoms with Gasteiger partial charge in [0, 0.05) is 40.4 Å². The Morgan fingerprint density at radius 2 is 1.74 bits per heavy atom. The molecule has 11 rings (SSSR count). The van der Waals surface area contributed by atoms with Gasteiger partial charge in [0.1, 0.15) is 82.7 Å². The lowest BCUT2D eigenvalue weighted by Crippen LogP contribution is -2.57. The van der Waals surface area contributed by atoms with E-state index in [9.17, 15) is 41.1 Å². The molecule has 26 heteroatoms. The van der Waals surface area contributed by atoms with Gasteiger partial charge in [0.2, 0.25) is 11.8 Å². The van der Waals surface area contributed by atoms with Gasteiger partial charge in [0.05, 0.1) is 36.9 Å². The second-order valence-electron chi connectivity index (χ2n) is 18.5. The highest BCUT2D eigenvalue weighted by molar-refractivity contribution is 6.31. The monoisotopic (exact) mass is 1110 g/mol. The zero-order chi connectivity index (χ0) is 54.6. The van der Waals surface area contributed by atoms with Crippen LogP contribution in [-0.4, -0.2) is 107 Å². The molecular formula is C52H41Cl2F5N10O9. The molecule has 0 aliphatic carbocycles. The standard InChI is InChI=1S/C52H41Cl2F5N10O9/c1-25-61-47(69(65-25)39-20-29(53)7-11-33(39)52(57,58)59)46-45(43(44-40(77-46)24-76-51(78-44)26-5-3-2-4-6-26)68-23-37(64-66-68)27-18-34(55)42(54)35(56)19-27)75-16-15-74-31-9-12-36(60-21-31)48(71)62-30-8-10-32-28(17-30)22-67(50(32)73)38-13-14-41(70)63-49(38)72/h2-12,17-21,23,38,40,43-46,51H,13-16,22,24H2,1H3,(H,62,71)(H,63,70,72)/t38?,40-,43+,44+,45-,46-,51?/m1/s1. The van der Waals surface area contributed by atoms with E-state index in [1.54, 1.807) is 42.5 Å². The Morgan fingerprint density at radius 3 is 2.49 bits per heavy atom. The molecule has 4 aliphatic rings. The molecule has 0 radical (unpaired) electrons. The maximum absolute atomic E-state index is 14.8. The lowest BCUT2D eigenvalue weighted by molar-refractivity contribution is -0.323. The van der Waals surface area contributed by atoms with Gasteiger partial charge in [-0.2, -0.15) is 18.3 Å². The smallest absolute Gasteiger partial charge is 0.418 e. The second-order valence-corrected chi connectivity index (χ2v) is 19.3. The number of amides is 4. The van der Waals surface area contributed by atoms with Crippen molar-refractivity contribution in [1.82, 2.24) is 45.0 Å². The molecule has 2 unspecified atom stereocenters. The number of anilines is 1. The summed E-state index contributed by atoms with van der Waals surface area (Å²) in [5, 5.41) is 17.3. The highest BCUT2D eigenvalue weighted by atomic mass is 35.5. The van der Waals surface area contributed by atoms with E-state index < -0.39 is 94.6 Å². The molecule has 7 aromatic rings. The molecule has 0 bridgehead atoms. The van der Waals surface area contributed by atoms with Gasteiger partial charge in [0.25, 0.3) is 11.8 Å². The summed E-state index contributed by atoms with van der Waals surface area (Å²) in [4.78, 5) is 61.0. The van der Waals surface area contributed by atoms with E-state index >= 15 is 0 Å². The van der Waals surface area contributed by atoms with Crippen molar-refractivity contribution in [3.8, 4) is 22.7 Å². The van der Waals surface area contributed by atoms with E-state index in [-0.39, 0.29) is 84.5 Å². The van der Waals surface area contributed by atoms with Crippen LogP contribution in [0.5, 0.6) is 5.75 Å². The number of alkyl halides is 3. The van der Waals surface area contributed by atoms with Gasteiger partial charge in [0.15, 0.2) is 12.1 Å². The van der Waals surface area contributed by atoms with Crippen molar-refractivity contribution in [2.24, 2.45) is 0 Å². The molecule has 19 nitrogen and oxygen atoms in total. The quantitative estimate of drug-likeness (QED) is 0.0483. The zero-order valence-electron chi connectivity index (χ0n) is 40.5. The minimum absolute atomic E-state index is 0.00859. The Morgan fingerprint density at radius 1 is 0.949 bits per heavy atom. The highest BCUT2D eigenvalue weighted by Crippen LogP contribution is 2.46. The zero-order valence-corrected chi connectivity index (χ0v) is 42.0. The minimum Gasteiger partial charge on any atom is -0.490 e. The number of pyridine rings is 1. The average molecular weight is 1120 g/mol. The van der Waals surface area contributed by atoms with E-state index in [1.807, 2.05) is 6.07 Å². The van der Waals surface area contributed by atoms with Crippen molar-refractivity contribution in [3.05, 3.63) is 165 Å². The van der Waals surface area contributed by atoms with Crippen LogP contribution >= 0.6 is 23.2 Å². The van der Waals surface area contributed by atoms with E-state index in [0.717, 1.165) is 35.0 Å². The predicted molar refractivity (Wildman–Crippen MR) is 263 cm³/mol. The molecule has 4 aromatic carbocycles. The number of aromatic nitrogens is 7. The number of ether oxygens (including phenoxy) is 5. The summed E-state index contributed by atoms with van der Waals surface area (Å²) in [6.07, 6.45) is -7.48. The molecule has 402 valence electrons. The Bertz CT molecular complexity index is 3460. The Hall–Kier alpha value is -7.74. The number of nitrogens with one attached hydrogen (secondary N) is 2. The van der Waals surface area contributed by atoms with Gasteiger partial charge in [-0.15, -0.1) is 5.10 Å². The summed E-state index contributed by atoms with van der Waals surface area (Å²) in [5.41, 5.74) is 0.424. The summed E-state index contributed by atoms with van der Waals surface area (Å²) in [6.45, 7) is 1.06. The van der Waals surface area contributed by atoms with Crippen molar-refractivity contribution in [2.45, 2.75) is 75.3 Å². The van der Waals surface area contributed by atoms with Crippen molar-refractivity contribution >= 4 is 52.5 Å². The number of nitrogens with zero attached hydrogens (tertiary/aromatic N) is 8. The average Bonchev–Trinajstić information content (AvgIpc) is 4.34. The second kappa shape index (κ2) is 21.2. The van der Waals surface area contributed by atoms with Crippen LogP contribution in [0.3, 0.4) is 0 Å². The van der Waals surface area contributed by atoms with E-state index in [1.165, 1.54) is 41.0 Å². The molecule has 0 saturated carbocycles. The van der Waals surface area contributed by atoms with Gasteiger partial charge in [-0.05, 0) is 79.6 Å². The summed E-state index contributed by atoms with van der Waals surface area (Å²) in [5.74, 6) is -3.85. The van der Waals surface area contributed by atoms with Gasteiger partial charge in [-0.25, -0.2) is 28.1 Å². The third-order valence-electron chi connectivity index (χ3n) is 13.4. The molecular weight excluding hydrogens is 1070 g/mol. The SMILES string of the molecule is Cc1nc([C@@H]2O[C@@H]3COC(c4ccccc4)O[C@@H]3[C@H](n3cc(-c4cc(F)c(Cl)c(F)c4)nn3)[C@H]2OCCOc2ccc(C(=O)Nc3ccc4c(c3)CN(C3CCC(=O)NC3=O)C4=O)nc2)n(-c2cc(Cl)ccc2C(F)(F)F)n1. The third-order valence-corrected chi connectivity index (χ3v) is 14.0. The summed E-state index contributed by atoms with van der Waals surface area (Å²) >= 11 is 12.1. The molecule has 7 atom stereocenters. The van der Waals surface area contributed by atoms with Crippen molar-refractivity contribution in [1.29, 1.82) is 0 Å². The summed E-state index contributed by atoms with van der Waals surface area (Å²) < 4.78 is 108. The number of benzene rings is 4. The maximum Gasteiger partial charge on any atom is 0.418 e. The first-order valence-corrected chi connectivity index (χ1v) is 24.9. The number of carbonyl (C=O) groups is 4. The fourth-order valence-electron chi connectivity index (χ4n) is 9.84.